The first kappa shape index (κ1) is 11.9. The van der Waals surface area contributed by atoms with Crippen LogP contribution >= 0.6 is 23.2 Å². The van der Waals surface area contributed by atoms with Crippen LogP contribution in [-0.4, -0.2) is 5.78 Å². The van der Waals surface area contributed by atoms with Crippen molar-refractivity contribution in [3.8, 4) is 12.1 Å². The maximum absolute atomic E-state index is 11.8. The molecule has 0 spiro atoms. The van der Waals surface area contributed by atoms with Gasteiger partial charge < -0.3 is 0 Å². The summed E-state index contributed by atoms with van der Waals surface area (Å²) in [4.78, 5) is 11.8. The molecule has 0 N–H and O–H groups in total. The molecule has 1 atom stereocenters. The van der Waals surface area contributed by atoms with Crippen LogP contribution in [0.25, 0.3) is 0 Å². The third kappa shape index (κ3) is 1.89. The maximum Gasteiger partial charge on any atom is 0.163 e. The van der Waals surface area contributed by atoms with Crippen molar-refractivity contribution in [1.82, 2.24) is 0 Å². The van der Waals surface area contributed by atoms with Crippen molar-refractivity contribution in [1.29, 1.82) is 10.5 Å². The SMILES string of the molecule is N#CC(C#N)C1CC(=O)c2cc(Cl)c(Cl)cc21. The second-order valence-electron chi connectivity index (χ2n) is 3.82. The number of carbonyl (C=O) groups excluding carboxylic acids is 1. The molecule has 0 aromatic heterocycles. The topological polar surface area (TPSA) is 64.7 Å². The van der Waals surface area contributed by atoms with Gasteiger partial charge in [-0.15, -0.1) is 0 Å². The molecule has 84 valence electrons. The molecule has 0 radical (unpaired) electrons. The molecule has 0 saturated carbocycles. The van der Waals surface area contributed by atoms with Crippen molar-refractivity contribution in [2.75, 3.05) is 0 Å². The van der Waals surface area contributed by atoms with E-state index in [0.717, 1.165) is 0 Å². The van der Waals surface area contributed by atoms with E-state index in [0.29, 0.717) is 21.2 Å². The highest BCUT2D eigenvalue weighted by Gasteiger charge is 2.35. The van der Waals surface area contributed by atoms with Gasteiger partial charge in [-0.3, -0.25) is 4.79 Å². The number of Topliss-reactive ketones (excluding diaryl/α,β-unsaturated/α-hetero) is 1. The van der Waals surface area contributed by atoms with Gasteiger partial charge in [-0.05, 0) is 17.7 Å². The van der Waals surface area contributed by atoms with Gasteiger partial charge in [-0.1, -0.05) is 23.2 Å². The van der Waals surface area contributed by atoms with E-state index < -0.39 is 11.8 Å². The lowest BCUT2D eigenvalue weighted by Gasteiger charge is -2.11. The van der Waals surface area contributed by atoms with Crippen LogP contribution in [0.1, 0.15) is 28.3 Å². The van der Waals surface area contributed by atoms with E-state index in [1.807, 2.05) is 12.1 Å². The standard InChI is InChI=1S/C12H6Cl2N2O/c13-10-1-8-7(6(4-15)5-16)3-12(17)9(8)2-11(10)14/h1-2,6-7H,3H2. The number of hydrogen-bond acceptors (Lipinski definition) is 3. The minimum Gasteiger partial charge on any atom is -0.294 e. The van der Waals surface area contributed by atoms with Crippen LogP contribution in [0, 0.1) is 28.6 Å². The quantitative estimate of drug-likeness (QED) is 0.782. The predicted octanol–water partition coefficient (Wildman–Crippen LogP) is 3.33. The molecule has 5 heteroatoms. The highest BCUT2D eigenvalue weighted by molar-refractivity contribution is 6.42. The number of halogens is 2. The van der Waals surface area contributed by atoms with Crippen LogP contribution in [0.2, 0.25) is 10.0 Å². The molecule has 17 heavy (non-hydrogen) atoms. The van der Waals surface area contributed by atoms with E-state index in [9.17, 15) is 4.79 Å². The zero-order valence-corrected chi connectivity index (χ0v) is 10.1. The van der Waals surface area contributed by atoms with Crippen LogP contribution in [0.15, 0.2) is 12.1 Å². The van der Waals surface area contributed by atoms with Gasteiger partial charge in [0.1, 0.15) is 5.92 Å². The molecule has 1 aliphatic rings. The van der Waals surface area contributed by atoms with Crippen molar-refractivity contribution in [2.45, 2.75) is 12.3 Å². The minimum atomic E-state index is -0.836. The Morgan fingerprint density at radius 3 is 2.41 bits per heavy atom. The molecule has 0 fully saturated rings. The Kier molecular flexibility index (Phi) is 3.07. The number of carbonyl (C=O) groups is 1. The van der Waals surface area contributed by atoms with Gasteiger partial charge in [-0.25, -0.2) is 0 Å². The Morgan fingerprint density at radius 1 is 1.24 bits per heavy atom. The van der Waals surface area contributed by atoms with Crippen molar-refractivity contribution < 1.29 is 4.79 Å². The summed E-state index contributed by atoms with van der Waals surface area (Å²) in [7, 11) is 0. The van der Waals surface area contributed by atoms with Crippen LogP contribution in [0.4, 0.5) is 0 Å². The molecule has 1 aromatic rings. The third-order valence-corrected chi connectivity index (χ3v) is 3.60. The summed E-state index contributed by atoms with van der Waals surface area (Å²) in [5, 5.41) is 18.4. The zero-order valence-electron chi connectivity index (χ0n) is 8.58. The number of fused-ring (bicyclic) bond motifs is 1. The molecule has 0 amide bonds. The Labute approximate surface area is 108 Å². The molecular formula is C12H6Cl2N2O. The fourth-order valence-electron chi connectivity index (χ4n) is 2.04. The summed E-state index contributed by atoms with van der Waals surface area (Å²) in [5.41, 5.74) is 1.12. The number of nitrogens with zero attached hydrogens (tertiary/aromatic N) is 2. The van der Waals surface area contributed by atoms with Crippen LogP contribution in [0.5, 0.6) is 0 Å². The summed E-state index contributed by atoms with van der Waals surface area (Å²) < 4.78 is 0. The molecule has 3 nitrogen and oxygen atoms in total. The lowest BCUT2D eigenvalue weighted by Crippen LogP contribution is -2.06. The van der Waals surface area contributed by atoms with Crippen LogP contribution in [0.3, 0.4) is 0 Å². The summed E-state index contributed by atoms with van der Waals surface area (Å²) in [5.74, 6) is -1.33. The van der Waals surface area contributed by atoms with E-state index in [2.05, 4.69) is 0 Å². The molecule has 0 heterocycles. The highest BCUT2D eigenvalue weighted by atomic mass is 35.5. The summed E-state index contributed by atoms with van der Waals surface area (Å²) >= 11 is 11.7. The zero-order chi connectivity index (χ0) is 12.6. The average Bonchev–Trinajstić information content (AvgIpc) is 2.60. The number of nitriles is 2. The second kappa shape index (κ2) is 4.37. The molecule has 1 aromatic carbocycles. The van der Waals surface area contributed by atoms with Gasteiger partial charge in [-0.2, -0.15) is 10.5 Å². The average molecular weight is 265 g/mol. The second-order valence-corrected chi connectivity index (χ2v) is 4.64. The van der Waals surface area contributed by atoms with Crippen molar-refractivity contribution in [3.05, 3.63) is 33.3 Å². The van der Waals surface area contributed by atoms with Crippen LogP contribution < -0.4 is 0 Å². The van der Waals surface area contributed by atoms with Gasteiger partial charge >= 0.3 is 0 Å². The van der Waals surface area contributed by atoms with Gasteiger partial charge in [0, 0.05) is 17.9 Å². The van der Waals surface area contributed by atoms with Crippen LogP contribution in [-0.2, 0) is 0 Å². The lowest BCUT2D eigenvalue weighted by molar-refractivity contribution is 0.0987. The van der Waals surface area contributed by atoms with Crippen molar-refractivity contribution in [3.63, 3.8) is 0 Å². The lowest BCUT2D eigenvalue weighted by atomic mass is 9.89. The van der Waals surface area contributed by atoms with Gasteiger partial charge in [0.15, 0.2) is 5.78 Å². The first-order valence-electron chi connectivity index (χ1n) is 4.90. The third-order valence-electron chi connectivity index (χ3n) is 2.88. The Balaban J connectivity index is 2.56. The summed E-state index contributed by atoms with van der Waals surface area (Å²) in [6, 6.07) is 6.89. The van der Waals surface area contributed by atoms with Crippen molar-refractivity contribution in [2.24, 2.45) is 5.92 Å². The maximum atomic E-state index is 11.8. The van der Waals surface area contributed by atoms with Gasteiger partial charge in [0.05, 0.1) is 22.2 Å². The largest absolute Gasteiger partial charge is 0.294 e. The number of benzene rings is 1. The molecule has 1 unspecified atom stereocenters. The minimum absolute atomic E-state index is 0.0981. The van der Waals surface area contributed by atoms with E-state index in [4.69, 9.17) is 33.7 Å². The number of ketones is 1. The fraction of sp³-hybridized carbons (Fsp3) is 0.250. The van der Waals surface area contributed by atoms with Gasteiger partial charge in [0.2, 0.25) is 0 Å². The summed E-state index contributed by atoms with van der Waals surface area (Å²) in [6.07, 6.45) is 0.164. The Morgan fingerprint density at radius 2 is 1.82 bits per heavy atom. The summed E-state index contributed by atoms with van der Waals surface area (Å²) in [6.45, 7) is 0. The number of rotatable bonds is 1. The van der Waals surface area contributed by atoms with E-state index >= 15 is 0 Å². The first-order chi connectivity index (χ1) is 8.08. The van der Waals surface area contributed by atoms with Gasteiger partial charge in [0.25, 0.3) is 0 Å². The number of hydrogen-bond donors (Lipinski definition) is 0. The molecular weight excluding hydrogens is 259 g/mol. The molecule has 2 rings (SSSR count). The highest BCUT2D eigenvalue weighted by Crippen LogP contribution is 2.41. The smallest absolute Gasteiger partial charge is 0.163 e. The van der Waals surface area contributed by atoms with Crippen molar-refractivity contribution >= 4 is 29.0 Å². The first-order valence-corrected chi connectivity index (χ1v) is 5.65. The fourth-order valence-corrected chi connectivity index (χ4v) is 2.37. The van der Waals surface area contributed by atoms with E-state index in [1.165, 1.54) is 6.07 Å². The monoisotopic (exact) mass is 264 g/mol. The van der Waals surface area contributed by atoms with E-state index in [-0.39, 0.29) is 12.2 Å². The Hall–Kier alpha value is -1.55. The molecule has 0 aliphatic heterocycles. The molecule has 0 saturated heterocycles. The normalized spacial score (nSPS) is 17.7. The molecule has 0 bridgehead atoms. The predicted molar refractivity (Wildman–Crippen MR) is 62.9 cm³/mol. The Bertz CT molecular complexity index is 569. The molecule has 1 aliphatic carbocycles. The van der Waals surface area contributed by atoms with E-state index in [1.54, 1.807) is 6.07 Å².